The van der Waals surface area contributed by atoms with Crippen molar-refractivity contribution in [3.63, 3.8) is 0 Å². The normalized spacial score (nSPS) is 13.9. The van der Waals surface area contributed by atoms with E-state index in [-0.39, 0.29) is 17.5 Å². The summed E-state index contributed by atoms with van der Waals surface area (Å²) in [6, 6.07) is 88.9. The molecular formula is C70H60BN3. The molecule has 10 aromatic carbocycles. The molecule has 13 rings (SSSR count). The first-order valence-corrected chi connectivity index (χ1v) is 26.3. The molecule has 0 N–H and O–H groups in total. The Morgan fingerprint density at radius 1 is 0.351 bits per heavy atom. The minimum Gasteiger partial charge on any atom is -0.311 e. The standard InChI is InChI=1S/C70H60BN3/c1-68(2,3)49-41-37-47(38-42-49)55-29-17-19-33-59(55)73-61-35-21-31-57-65(61)71-66-58(70(57,7)51-23-11-8-12-24-51)32-22-36-62(66)74(60-34-20-18-30-56(60)48-39-43-50(44-40-48)69(4,5)6)64-46-54(45-63(73)67(64)71)72(52-25-13-9-14-26-52)53-27-15-10-16-28-53/h8-46H,1-7H3. The Kier molecular flexibility index (Phi) is 10.5. The maximum atomic E-state index is 2.62. The van der Waals surface area contributed by atoms with Gasteiger partial charge in [-0.2, -0.15) is 0 Å². The average molecular weight is 954 g/mol. The van der Waals surface area contributed by atoms with Gasteiger partial charge in [0.05, 0.1) is 17.1 Å². The van der Waals surface area contributed by atoms with Gasteiger partial charge in [-0.15, -0.1) is 0 Å². The zero-order valence-corrected chi connectivity index (χ0v) is 43.4. The molecule has 74 heavy (non-hydrogen) atoms. The molecule has 3 aliphatic heterocycles. The van der Waals surface area contributed by atoms with E-state index in [4.69, 9.17) is 0 Å². The maximum Gasteiger partial charge on any atom is 0.252 e. The monoisotopic (exact) mass is 953 g/mol. The van der Waals surface area contributed by atoms with Gasteiger partial charge >= 0.3 is 0 Å². The van der Waals surface area contributed by atoms with Crippen LogP contribution in [-0.2, 0) is 16.2 Å². The molecule has 0 bridgehead atoms. The summed E-state index contributed by atoms with van der Waals surface area (Å²) in [7, 11) is 0. The number of benzene rings is 10. The summed E-state index contributed by atoms with van der Waals surface area (Å²) in [6.45, 7) is 16.2. The molecule has 3 nitrogen and oxygen atoms in total. The second kappa shape index (κ2) is 17.1. The predicted octanol–water partition coefficient (Wildman–Crippen LogP) is 16.8. The largest absolute Gasteiger partial charge is 0.311 e. The number of anilines is 9. The van der Waals surface area contributed by atoms with Gasteiger partial charge in [0.25, 0.3) is 6.71 Å². The fourth-order valence-corrected chi connectivity index (χ4v) is 12.5. The molecule has 0 spiro atoms. The fraction of sp³-hybridized carbons (Fsp3) is 0.143. The Labute approximate surface area is 438 Å². The van der Waals surface area contributed by atoms with E-state index < -0.39 is 5.41 Å². The minimum atomic E-state index is -0.469. The summed E-state index contributed by atoms with van der Waals surface area (Å²) >= 11 is 0. The van der Waals surface area contributed by atoms with Crippen LogP contribution in [0.2, 0.25) is 0 Å². The van der Waals surface area contributed by atoms with E-state index in [1.807, 2.05) is 0 Å². The van der Waals surface area contributed by atoms with Crippen LogP contribution >= 0.6 is 0 Å². The first-order chi connectivity index (χ1) is 35.9. The molecule has 0 saturated carbocycles. The Hall–Kier alpha value is -8.34. The Morgan fingerprint density at radius 2 is 0.730 bits per heavy atom. The summed E-state index contributed by atoms with van der Waals surface area (Å²) in [5.41, 5.74) is 25.3. The minimum absolute atomic E-state index is 0.0346. The molecule has 0 amide bonds. The number of hydrogen-bond acceptors (Lipinski definition) is 3. The van der Waals surface area contributed by atoms with Crippen molar-refractivity contribution in [1.82, 2.24) is 0 Å². The van der Waals surface area contributed by atoms with Crippen LogP contribution in [0.3, 0.4) is 0 Å². The van der Waals surface area contributed by atoms with Crippen LogP contribution in [0.25, 0.3) is 22.3 Å². The molecular weight excluding hydrogens is 894 g/mol. The molecule has 0 aromatic heterocycles. The van der Waals surface area contributed by atoms with Crippen LogP contribution in [0.15, 0.2) is 237 Å². The van der Waals surface area contributed by atoms with E-state index in [2.05, 4.69) is 300 Å². The van der Waals surface area contributed by atoms with Crippen LogP contribution in [0.1, 0.15) is 76.3 Å². The Balaban J connectivity index is 1.17. The summed E-state index contributed by atoms with van der Waals surface area (Å²) in [6.07, 6.45) is 0. The van der Waals surface area contributed by atoms with Gasteiger partial charge in [0.2, 0.25) is 0 Å². The third-order valence-electron chi connectivity index (χ3n) is 16.2. The highest BCUT2D eigenvalue weighted by Gasteiger charge is 2.53. The van der Waals surface area contributed by atoms with E-state index in [1.54, 1.807) is 0 Å². The SMILES string of the molecule is CC(C)(C)c1ccc(-c2ccccc2N2c3cc(N(c4ccccc4)c4ccccc4)cc4c3B3c5c2cccc5C(C)(c2ccccc2)c2cccc(c23)N4c2ccccc2-c2ccc(C(C)(C)C)cc2)cc1. The average Bonchev–Trinajstić information content (AvgIpc) is 3.47. The zero-order valence-electron chi connectivity index (χ0n) is 43.4. The third-order valence-corrected chi connectivity index (χ3v) is 16.2. The second-order valence-corrected chi connectivity index (χ2v) is 22.7. The third kappa shape index (κ3) is 7.10. The summed E-state index contributed by atoms with van der Waals surface area (Å²) < 4.78 is 0. The summed E-state index contributed by atoms with van der Waals surface area (Å²) in [5, 5.41) is 0. The van der Waals surface area contributed by atoms with Crippen molar-refractivity contribution >= 4 is 74.3 Å². The Bertz CT molecular complexity index is 3540. The van der Waals surface area contributed by atoms with E-state index in [0.29, 0.717) is 0 Å². The lowest BCUT2D eigenvalue weighted by molar-refractivity contribution is 0.590. The molecule has 358 valence electrons. The molecule has 0 radical (unpaired) electrons. The molecule has 0 saturated heterocycles. The molecule has 3 aliphatic rings. The van der Waals surface area contributed by atoms with Crippen molar-refractivity contribution in [2.24, 2.45) is 0 Å². The zero-order chi connectivity index (χ0) is 50.5. The van der Waals surface area contributed by atoms with Gasteiger partial charge in [-0.1, -0.05) is 217 Å². The molecule has 4 heteroatoms. The maximum absolute atomic E-state index is 2.62. The van der Waals surface area contributed by atoms with Gasteiger partial charge in [0.1, 0.15) is 0 Å². The molecule has 0 fully saturated rings. The van der Waals surface area contributed by atoms with Crippen molar-refractivity contribution in [2.75, 3.05) is 14.7 Å². The van der Waals surface area contributed by atoms with Crippen LogP contribution < -0.4 is 31.1 Å². The highest BCUT2D eigenvalue weighted by atomic mass is 15.2. The van der Waals surface area contributed by atoms with Crippen LogP contribution in [0, 0.1) is 0 Å². The van der Waals surface area contributed by atoms with Gasteiger partial charge < -0.3 is 14.7 Å². The van der Waals surface area contributed by atoms with Crippen molar-refractivity contribution in [3.05, 3.63) is 264 Å². The van der Waals surface area contributed by atoms with Crippen molar-refractivity contribution in [1.29, 1.82) is 0 Å². The van der Waals surface area contributed by atoms with Gasteiger partial charge in [-0.05, 0) is 134 Å². The molecule has 10 aromatic rings. The van der Waals surface area contributed by atoms with Crippen LogP contribution in [0.4, 0.5) is 51.2 Å². The van der Waals surface area contributed by atoms with Gasteiger partial charge in [-0.3, -0.25) is 0 Å². The lowest BCUT2D eigenvalue weighted by Gasteiger charge is -2.51. The Morgan fingerprint density at radius 3 is 1.15 bits per heavy atom. The van der Waals surface area contributed by atoms with Crippen molar-refractivity contribution < 1.29 is 0 Å². The first-order valence-electron chi connectivity index (χ1n) is 26.3. The topological polar surface area (TPSA) is 9.72 Å². The van der Waals surface area contributed by atoms with Gasteiger partial charge in [0, 0.05) is 50.7 Å². The van der Waals surface area contributed by atoms with E-state index in [0.717, 1.165) is 28.4 Å². The van der Waals surface area contributed by atoms with Crippen LogP contribution in [0.5, 0.6) is 0 Å². The second-order valence-electron chi connectivity index (χ2n) is 22.7. The number of rotatable bonds is 8. The fourth-order valence-electron chi connectivity index (χ4n) is 12.5. The van der Waals surface area contributed by atoms with Gasteiger partial charge in [-0.25, -0.2) is 0 Å². The van der Waals surface area contributed by atoms with Crippen molar-refractivity contribution in [2.45, 2.75) is 64.7 Å². The predicted molar refractivity (Wildman–Crippen MR) is 315 cm³/mol. The smallest absolute Gasteiger partial charge is 0.252 e. The highest BCUT2D eigenvalue weighted by Crippen LogP contribution is 2.54. The van der Waals surface area contributed by atoms with E-state index in [1.165, 1.54) is 89.2 Å². The lowest BCUT2D eigenvalue weighted by atomic mass is 9.28. The highest BCUT2D eigenvalue weighted by molar-refractivity contribution is 7.01. The first kappa shape index (κ1) is 45.5. The molecule has 3 heterocycles. The number of hydrogen-bond donors (Lipinski definition) is 0. The van der Waals surface area contributed by atoms with Crippen LogP contribution in [-0.4, -0.2) is 6.71 Å². The lowest BCUT2D eigenvalue weighted by Crippen LogP contribution is -2.67. The molecule has 0 unspecified atom stereocenters. The summed E-state index contributed by atoms with van der Waals surface area (Å²) in [5.74, 6) is 0. The quantitative estimate of drug-likeness (QED) is 0.141. The van der Waals surface area contributed by atoms with Crippen molar-refractivity contribution in [3.8, 4) is 22.3 Å². The molecule has 0 aliphatic carbocycles. The van der Waals surface area contributed by atoms with Gasteiger partial charge in [0.15, 0.2) is 0 Å². The summed E-state index contributed by atoms with van der Waals surface area (Å²) in [4.78, 5) is 7.68. The number of nitrogens with zero attached hydrogens (tertiary/aromatic N) is 3. The van der Waals surface area contributed by atoms with E-state index >= 15 is 0 Å². The number of para-hydroxylation sites is 4. The molecule has 0 atom stereocenters. The van der Waals surface area contributed by atoms with E-state index in [9.17, 15) is 0 Å².